The van der Waals surface area contributed by atoms with Crippen LogP contribution in [0.15, 0.2) is 56.7 Å². The van der Waals surface area contributed by atoms with Crippen molar-refractivity contribution in [3.8, 4) is 5.75 Å². The molecule has 0 atom stereocenters. The standard InChI is InChI=1S/C21H23NO5S.ClH/c1-21(2,23)13-26-19-11-15(28(24,25)14-6-4-3-5-7-14)10-16-17-12-22-9-8-18(17)27-20(16)19;/h3-7,10-11,22-23H,8-9,12-13H2,1-2H3;1H. The van der Waals surface area contributed by atoms with Crippen molar-refractivity contribution < 1.29 is 22.7 Å². The van der Waals surface area contributed by atoms with E-state index in [-0.39, 0.29) is 28.8 Å². The number of nitrogens with one attached hydrogen (secondary N) is 1. The summed E-state index contributed by atoms with van der Waals surface area (Å²) in [7, 11) is -3.72. The number of sulfone groups is 1. The van der Waals surface area contributed by atoms with Crippen LogP contribution in [0, 0.1) is 0 Å². The van der Waals surface area contributed by atoms with Crippen LogP contribution in [0.2, 0.25) is 0 Å². The monoisotopic (exact) mass is 437 g/mol. The van der Waals surface area contributed by atoms with Gasteiger partial charge in [-0.05, 0) is 32.0 Å². The molecule has 0 aliphatic carbocycles. The lowest BCUT2D eigenvalue weighted by Gasteiger charge is -2.18. The maximum absolute atomic E-state index is 13.2. The van der Waals surface area contributed by atoms with Crippen LogP contribution in [0.5, 0.6) is 5.75 Å². The molecule has 1 aliphatic rings. The summed E-state index contributed by atoms with van der Waals surface area (Å²) in [6.07, 6.45) is 0.732. The molecule has 156 valence electrons. The fourth-order valence-corrected chi connectivity index (χ4v) is 4.63. The van der Waals surface area contributed by atoms with E-state index >= 15 is 0 Å². The average Bonchev–Trinajstić information content (AvgIpc) is 3.05. The van der Waals surface area contributed by atoms with Gasteiger partial charge in [0.05, 0.1) is 15.4 Å². The van der Waals surface area contributed by atoms with Gasteiger partial charge in [-0.1, -0.05) is 18.2 Å². The molecule has 2 aromatic carbocycles. The highest BCUT2D eigenvalue weighted by Crippen LogP contribution is 2.38. The minimum Gasteiger partial charge on any atom is -0.487 e. The van der Waals surface area contributed by atoms with E-state index in [4.69, 9.17) is 9.15 Å². The first kappa shape index (κ1) is 21.6. The van der Waals surface area contributed by atoms with E-state index in [2.05, 4.69) is 5.32 Å². The highest BCUT2D eigenvalue weighted by atomic mass is 35.5. The number of rotatable bonds is 5. The number of fused-ring (bicyclic) bond motifs is 3. The minimum atomic E-state index is -3.72. The lowest BCUT2D eigenvalue weighted by atomic mass is 10.1. The molecule has 0 spiro atoms. The number of ether oxygens (including phenoxy) is 1. The molecule has 29 heavy (non-hydrogen) atoms. The molecule has 0 bridgehead atoms. The SMILES string of the molecule is CC(C)(O)COc1cc(S(=O)(=O)c2ccccc2)cc2c3c(oc12)CCNC3.Cl. The van der Waals surface area contributed by atoms with E-state index in [1.807, 2.05) is 0 Å². The van der Waals surface area contributed by atoms with Crippen LogP contribution in [0.3, 0.4) is 0 Å². The topological polar surface area (TPSA) is 88.8 Å². The molecule has 6 nitrogen and oxygen atoms in total. The molecule has 0 saturated heterocycles. The third-order valence-electron chi connectivity index (χ3n) is 4.69. The number of furan rings is 1. The Morgan fingerprint density at radius 1 is 1.17 bits per heavy atom. The maximum Gasteiger partial charge on any atom is 0.206 e. The Balaban J connectivity index is 0.00000240. The first-order valence-electron chi connectivity index (χ1n) is 9.20. The van der Waals surface area contributed by atoms with Gasteiger partial charge in [-0.3, -0.25) is 0 Å². The fraction of sp³-hybridized carbons (Fsp3) is 0.333. The highest BCUT2D eigenvalue weighted by Gasteiger charge is 2.26. The van der Waals surface area contributed by atoms with E-state index in [1.165, 1.54) is 6.07 Å². The van der Waals surface area contributed by atoms with Gasteiger partial charge in [-0.2, -0.15) is 0 Å². The molecule has 1 aromatic heterocycles. The maximum atomic E-state index is 13.2. The van der Waals surface area contributed by atoms with E-state index in [0.29, 0.717) is 17.9 Å². The lowest BCUT2D eigenvalue weighted by Crippen LogP contribution is -2.27. The molecular formula is C21H24ClNO5S. The average molecular weight is 438 g/mol. The Kier molecular flexibility index (Phi) is 5.96. The van der Waals surface area contributed by atoms with Crippen LogP contribution < -0.4 is 10.1 Å². The van der Waals surface area contributed by atoms with Gasteiger partial charge in [0.15, 0.2) is 11.3 Å². The number of benzene rings is 2. The Morgan fingerprint density at radius 3 is 2.59 bits per heavy atom. The molecule has 2 N–H and O–H groups in total. The third-order valence-corrected chi connectivity index (χ3v) is 6.44. The van der Waals surface area contributed by atoms with Crippen LogP contribution in [-0.2, 0) is 22.8 Å². The Morgan fingerprint density at radius 2 is 1.90 bits per heavy atom. The van der Waals surface area contributed by atoms with Gasteiger partial charge in [0, 0.05) is 36.5 Å². The van der Waals surface area contributed by atoms with Gasteiger partial charge in [-0.15, -0.1) is 12.4 Å². The summed E-state index contributed by atoms with van der Waals surface area (Å²) in [5.41, 5.74) is 0.415. The van der Waals surface area contributed by atoms with Crippen molar-refractivity contribution in [1.82, 2.24) is 5.32 Å². The molecule has 0 unspecified atom stereocenters. The Hall–Kier alpha value is -2.06. The number of halogens is 1. The number of hydrogen-bond donors (Lipinski definition) is 2. The third kappa shape index (κ3) is 4.28. The zero-order chi connectivity index (χ0) is 19.9. The smallest absolute Gasteiger partial charge is 0.206 e. The summed E-state index contributed by atoms with van der Waals surface area (Å²) in [6.45, 7) is 4.70. The largest absolute Gasteiger partial charge is 0.487 e. The normalized spacial score (nSPS) is 14.3. The van der Waals surface area contributed by atoms with E-state index in [0.717, 1.165) is 29.7 Å². The molecule has 0 amide bonds. The second kappa shape index (κ2) is 7.99. The molecule has 8 heteroatoms. The van der Waals surface area contributed by atoms with Gasteiger partial charge >= 0.3 is 0 Å². The zero-order valence-corrected chi connectivity index (χ0v) is 17.9. The highest BCUT2D eigenvalue weighted by molar-refractivity contribution is 7.91. The molecule has 1 aliphatic heterocycles. The predicted octanol–water partition coefficient (Wildman–Crippen LogP) is 3.48. The van der Waals surface area contributed by atoms with Crippen molar-refractivity contribution in [1.29, 1.82) is 0 Å². The summed E-state index contributed by atoms with van der Waals surface area (Å²) in [5, 5.41) is 14.1. The van der Waals surface area contributed by atoms with Crippen LogP contribution in [0.4, 0.5) is 0 Å². The molecular weight excluding hydrogens is 414 g/mol. The van der Waals surface area contributed by atoms with Gasteiger partial charge in [0.25, 0.3) is 0 Å². The lowest BCUT2D eigenvalue weighted by molar-refractivity contribution is 0.0286. The molecule has 0 fully saturated rings. The van der Waals surface area contributed by atoms with E-state index in [9.17, 15) is 13.5 Å². The van der Waals surface area contributed by atoms with Crippen LogP contribution in [0.25, 0.3) is 11.0 Å². The van der Waals surface area contributed by atoms with Gasteiger partial charge in [-0.25, -0.2) is 8.42 Å². The summed E-state index contributed by atoms with van der Waals surface area (Å²) >= 11 is 0. The van der Waals surface area contributed by atoms with E-state index < -0.39 is 15.4 Å². The molecule has 3 aromatic rings. The molecule has 4 rings (SSSR count). The quantitative estimate of drug-likeness (QED) is 0.635. The van der Waals surface area contributed by atoms with Crippen molar-refractivity contribution in [2.24, 2.45) is 0 Å². The summed E-state index contributed by atoms with van der Waals surface area (Å²) in [4.78, 5) is 0.365. The first-order chi connectivity index (χ1) is 13.3. The van der Waals surface area contributed by atoms with E-state index in [1.54, 1.807) is 50.2 Å². The molecule has 2 heterocycles. The predicted molar refractivity (Wildman–Crippen MR) is 113 cm³/mol. The van der Waals surface area contributed by atoms with Crippen molar-refractivity contribution in [3.63, 3.8) is 0 Å². The zero-order valence-electron chi connectivity index (χ0n) is 16.3. The molecule has 0 saturated carbocycles. The van der Waals surface area contributed by atoms with Crippen molar-refractivity contribution >= 4 is 33.2 Å². The second-order valence-electron chi connectivity index (χ2n) is 7.65. The summed E-state index contributed by atoms with van der Waals surface area (Å²) < 4.78 is 38.2. The van der Waals surface area contributed by atoms with Gasteiger partial charge < -0.3 is 19.6 Å². The van der Waals surface area contributed by atoms with Crippen molar-refractivity contribution in [3.05, 3.63) is 53.8 Å². The van der Waals surface area contributed by atoms with Gasteiger partial charge in [0.2, 0.25) is 9.84 Å². The second-order valence-corrected chi connectivity index (χ2v) is 9.60. The van der Waals surface area contributed by atoms with Crippen molar-refractivity contribution in [2.45, 2.75) is 42.2 Å². The van der Waals surface area contributed by atoms with Crippen molar-refractivity contribution in [2.75, 3.05) is 13.2 Å². The summed E-state index contributed by atoms with van der Waals surface area (Å²) in [5.74, 6) is 1.17. The Labute approximate surface area is 176 Å². The number of hydrogen-bond acceptors (Lipinski definition) is 6. The summed E-state index contributed by atoms with van der Waals surface area (Å²) in [6, 6.07) is 11.5. The fourth-order valence-electron chi connectivity index (χ4n) is 3.30. The first-order valence-corrected chi connectivity index (χ1v) is 10.7. The number of aliphatic hydroxyl groups is 1. The van der Waals surface area contributed by atoms with Crippen LogP contribution >= 0.6 is 12.4 Å². The minimum absolute atomic E-state index is 0. The Bertz CT molecular complexity index is 1120. The van der Waals surface area contributed by atoms with Gasteiger partial charge in [0.1, 0.15) is 12.4 Å². The molecule has 0 radical (unpaired) electrons. The van der Waals surface area contributed by atoms with Crippen LogP contribution in [0.1, 0.15) is 25.2 Å². The van der Waals surface area contributed by atoms with Crippen LogP contribution in [-0.4, -0.2) is 32.3 Å².